The number of esters is 1. The molecule has 21 heavy (non-hydrogen) atoms. The second-order valence-corrected chi connectivity index (χ2v) is 4.41. The number of pyridine rings is 1. The van der Waals surface area contributed by atoms with E-state index in [0.29, 0.717) is 11.1 Å². The summed E-state index contributed by atoms with van der Waals surface area (Å²) in [5.74, 6) is -2.79. The van der Waals surface area contributed by atoms with Crippen molar-refractivity contribution in [2.24, 2.45) is 0 Å². The van der Waals surface area contributed by atoms with Crippen LogP contribution in [0, 0.1) is 5.82 Å². The van der Waals surface area contributed by atoms with Crippen LogP contribution >= 0.6 is 11.6 Å². The zero-order chi connectivity index (χ0) is 15.6. The van der Waals surface area contributed by atoms with Crippen molar-refractivity contribution in [3.05, 3.63) is 52.6 Å². The number of halogens is 2. The smallest absolute Gasteiger partial charge is 0.340 e. The van der Waals surface area contributed by atoms with Crippen molar-refractivity contribution in [2.45, 2.75) is 0 Å². The number of hydrogen-bond donors (Lipinski definition) is 1. The maximum absolute atomic E-state index is 13.6. The van der Waals surface area contributed by atoms with Crippen LogP contribution in [0.25, 0.3) is 11.1 Å². The molecular weight excluding hydrogens is 301 g/mol. The fourth-order valence-electron chi connectivity index (χ4n) is 1.73. The summed E-state index contributed by atoms with van der Waals surface area (Å²) in [6, 6.07) is 5.05. The third-order valence-corrected chi connectivity index (χ3v) is 3.08. The van der Waals surface area contributed by atoms with Crippen LogP contribution < -0.4 is 0 Å². The van der Waals surface area contributed by atoms with Gasteiger partial charge >= 0.3 is 11.9 Å². The fraction of sp³-hybridized carbons (Fsp3) is 0.0714. The number of carboxylic acid groups (broad SMARTS) is 1. The summed E-state index contributed by atoms with van der Waals surface area (Å²) in [5.41, 5.74) is 0.380. The molecule has 108 valence electrons. The van der Waals surface area contributed by atoms with Crippen LogP contribution in [0.3, 0.4) is 0 Å². The van der Waals surface area contributed by atoms with Gasteiger partial charge in [0.15, 0.2) is 0 Å². The molecule has 0 radical (unpaired) electrons. The molecule has 0 aliphatic rings. The molecule has 1 aromatic carbocycles. The monoisotopic (exact) mass is 309 g/mol. The van der Waals surface area contributed by atoms with E-state index in [1.165, 1.54) is 24.4 Å². The van der Waals surface area contributed by atoms with Crippen molar-refractivity contribution in [1.29, 1.82) is 0 Å². The summed E-state index contributed by atoms with van der Waals surface area (Å²) < 4.78 is 18.0. The minimum atomic E-state index is -1.23. The van der Waals surface area contributed by atoms with Gasteiger partial charge in [0.25, 0.3) is 0 Å². The Labute approximate surface area is 124 Å². The highest BCUT2D eigenvalue weighted by Gasteiger charge is 2.16. The molecule has 7 heteroatoms. The molecule has 0 saturated carbocycles. The summed E-state index contributed by atoms with van der Waals surface area (Å²) in [6.07, 6.45) is 1.34. The number of methoxy groups -OCH3 is 1. The maximum atomic E-state index is 13.6. The summed E-state index contributed by atoms with van der Waals surface area (Å²) in [7, 11) is 1.14. The minimum Gasteiger partial charge on any atom is -0.478 e. The van der Waals surface area contributed by atoms with Gasteiger partial charge < -0.3 is 9.84 Å². The van der Waals surface area contributed by atoms with Gasteiger partial charge in [-0.3, -0.25) is 0 Å². The number of aromatic nitrogens is 1. The molecule has 0 bridgehead atoms. The van der Waals surface area contributed by atoms with Crippen molar-refractivity contribution in [2.75, 3.05) is 7.11 Å². The molecular formula is C14H9ClFNO4. The van der Waals surface area contributed by atoms with E-state index in [4.69, 9.17) is 16.7 Å². The van der Waals surface area contributed by atoms with Crippen molar-refractivity contribution in [3.63, 3.8) is 0 Å². The predicted octanol–water partition coefficient (Wildman–Crippen LogP) is 3.03. The van der Waals surface area contributed by atoms with Crippen molar-refractivity contribution >= 4 is 23.5 Å². The molecule has 1 aromatic heterocycles. The maximum Gasteiger partial charge on any atom is 0.340 e. The first kappa shape index (κ1) is 14.9. The lowest BCUT2D eigenvalue weighted by molar-refractivity contribution is 0.0594. The number of rotatable bonds is 3. The zero-order valence-corrected chi connectivity index (χ0v) is 11.5. The lowest BCUT2D eigenvalue weighted by Gasteiger charge is -2.07. The third kappa shape index (κ3) is 3.00. The molecule has 0 spiro atoms. The largest absolute Gasteiger partial charge is 0.478 e. The SMILES string of the molecule is COC(=O)c1cc(-c2cnc(Cl)c(C(=O)O)c2)ccc1F. The van der Waals surface area contributed by atoms with Crippen LogP contribution in [-0.4, -0.2) is 29.1 Å². The summed E-state index contributed by atoms with van der Waals surface area (Å²) in [5, 5.41) is 8.85. The average Bonchev–Trinajstić information content (AvgIpc) is 2.47. The van der Waals surface area contributed by atoms with Crippen LogP contribution in [0.2, 0.25) is 5.15 Å². The summed E-state index contributed by atoms with van der Waals surface area (Å²) >= 11 is 5.68. The van der Waals surface area contributed by atoms with E-state index >= 15 is 0 Å². The molecule has 5 nitrogen and oxygen atoms in total. The number of ether oxygens (including phenoxy) is 1. The highest BCUT2D eigenvalue weighted by atomic mass is 35.5. The predicted molar refractivity (Wildman–Crippen MR) is 72.9 cm³/mol. The van der Waals surface area contributed by atoms with E-state index in [1.807, 2.05) is 0 Å². The fourth-order valence-corrected chi connectivity index (χ4v) is 1.91. The Bertz CT molecular complexity index is 733. The quantitative estimate of drug-likeness (QED) is 0.696. The first-order valence-corrected chi connectivity index (χ1v) is 6.09. The lowest BCUT2D eigenvalue weighted by Crippen LogP contribution is -2.05. The Morgan fingerprint density at radius 1 is 1.24 bits per heavy atom. The summed E-state index contributed by atoms with van der Waals surface area (Å²) in [4.78, 5) is 26.2. The second-order valence-electron chi connectivity index (χ2n) is 4.05. The molecule has 0 aliphatic carbocycles. The average molecular weight is 310 g/mol. The topological polar surface area (TPSA) is 76.5 Å². The molecule has 0 unspecified atom stereocenters. The van der Waals surface area contributed by atoms with Crippen molar-refractivity contribution in [1.82, 2.24) is 4.98 Å². The van der Waals surface area contributed by atoms with Crippen LogP contribution in [0.15, 0.2) is 30.5 Å². The van der Waals surface area contributed by atoms with Crippen molar-refractivity contribution in [3.8, 4) is 11.1 Å². The normalized spacial score (nSPS) is 10.2. The third-order valence-electron chi connectivity index (χ3n) is 2.77. The van der Waals surface area contributed by atoms with Crippen LogP contribution in [-0.2, 0) is 4.74 Å². The van der Waals surface area contributed by atoms with Gasteiger partial charge in [0, 0.05) is 11.8 Å². The second kappa shape index (κ2) is 5.88. The lowest BCUT2D eigenvalue weighted by atomic mass is 10.0. The molecule has 0 fully saturated rings. The van der Waals surface area contributed by atoms with Gasteiger partial charge in [0.1, 0.15) is 11.0 Å². The first-order chi connectivity index (χ1) is 9.93. The number of carbonyl (C=O) groups excluding carboxylic acids is 1. The van der Waals surface area contributed by atoms with E-state index in [2.05, 4.69) is 9.72 Å². The molecule has 0 saturated heterocycles. The molecule has 0 aliphatic heterocycles. The van der Waals surface area contributed by atoms with Gasteiger partial charge in [-0.1, -0.05) is 17.7 Å². The van der Waals surface area contributed by atoms with Gasteiger partial charge in [0.2, 0.25) is 0 Å². The zero-order valence-electron chi connectivity index (χ0n) is 10.8. The molecule has 0 amide bonds. The molecule has 1 N–H and O–H groups in total. The van der Waals surface area contributed by atoms with Gasteiger partial charge in [-0.05, 0) is 23.8 Å². The van der Waals surface area contributed by atoms with Crippen LogP contribution in [0.1, 0.15) is 20.7 Å². The van der Waals surface area contributed by atoms with Gasteiger partial charge in [-0.25, -0.2) is 19.0 Å². The minimum absolute atomic E-state index is 0.151. The number of hydrogen-bond acceptors (Lipinski definition) is 4. The highest BCUT2D eigenvalue weighted by Crippen LogP contribution is 2.25. The Morgan fingerprint density at radius 3 is 2.52 bits per heavy atom. The van der Waals surface area contributed by atoms with Crippen LogP contribution in [0.5, 0.6) is 0 Å². The number of benzene rings is 1. The Kier molecular flexibility index (Phi) is 4.18. The van der Waals surface area contributed by atoms with E-state index in [0.717, 1.165) is 13.2 Å². The standard InChI is InChI=1S/C14H9ClFNO4/c1-21-14(20)9-4-7(2-3-11(9)16)8-5-10(13(18)19)12(15)17-6-8/h2-6H,1H3,(H,18,19). The first-order valence-electron chi connectivity index (χ1n) is 5.71. The Morgan fingerprint density at radius 2 is 1.90 bits per heavy atom. The van der Waals surface area contributed by atoms with Crippen molar-refractivity contribution < 1.29 is 23.8 Å². The molecule has 1 heterocycles. The molecule has 2 aromatic rings. The van der Waals surface area contributed by atoms with Gasteiger partial charge in [-0.15, -0.1) is 0 Å². The van der Waals surface area contributed by atoms with Crippen LogP contribution in [0.4, 0.5) is 4.39 Å². The molecule has 2 rings (SSSR count). The van der Waals surface area contributed by atoms with Gasteiger partial charge in [0.05, 0.1) is 18.2 Å². The van der Waals surface area contributed by atoms with E-state index in [-0.39, 0.29) is 16.3 Å². The van der Waals surface area contributed by atoms with E-state index in [1.54, 1.807) is 0 Å². The Hall–Kier alpha value is -2.47. The van der Waals surface area contributed by atoms with E-state index < -0.39 is 17.8 Å². The van der Waals surface area contributed by atoms with Gasteiger partial charge in [-0.2, -0.15) is 0 Å². The van der Waals surface area contributed by atoms with E-state index in [9.17, 15) is 14.0 Å². The number of carbonyl (C=O) groups is 2. The number of aromatic carboxylic acids is 1. The Balaban J connectivity index is 2.55. The summed E-state index contributed by atoms with van der Waals surface area (Å²) in [6.45, 7) is 0. The number of nitrogens with zero attached hydrogens (tertiary/aromatic N) is 1. The highest BCUT2D eigenvalue weighted by molar-refractivity contribution is 6.32. The number of carboxylic acids is 1. The molecule has 0 atom stereocenters.